The van der Waals surface area contributed by atoms with E-state index in [4.69, 9.17) is 5.26 Å². The first-order valence-electron chi connectivity index (χ1n) is 5.74. The van der Waals surface area contributed by atoms with Gasteiger partial charge < -0.3 is 4.90 Å². The van der Waals surface area contributed by atoms with Crippen LogP contribution < -0.4 is 4.90 Å². The molecule has 0 amide bonds. The summed E-state index contributed by atoms with van der Waals surface area (Å²) < 4.78 is 0. The number of hydrogen-bond acceptors (Lipinski definition) is 3. The molecule has 0 fully saturated rings. The fourth-order valence-corrected chi connectivity index (χ4v) is 2.00. The summed E-state index contributed by atoms with van der Waals surface area (Å²) in [4.78, 5) is 13.4. The van der Waals surface area contributed by atoms with Crippen LogP contribution >= 0.6 is 0 Å². The molecule has 1 aliphatic carbocycles. The molecule has 0 bridgehead atoms. The number of rotatable bonds is 4. The van der Waals surface area contributed by atoms with E-state index in [0.29, 0.717) is 19.4 Å². The van der Waals surface area contributed by atoms with Crippen LogP contribution in [0.3, 0.4) is 0 Å². The van der Waals surface area contributed by atoms with Gasteiger partial charge in [-0.3, -0.25) is 4.79 Å². The standard InChI is InChI=1S/C14H14N2O/c15-9-4-10-16(12-5-2-1-3-6-12)13-7-8-14(17)11-13/h1-3,5-6,11H,4,7-8,10H2. The maximum absolute atomic E-state index is 11.3. The Morgan fingerprint density at radius 1 is 1.24 bits per heavy atom. The number of para-hydroxylation sites is 1. The molecule has 0 saturated carbocycles. The van der Waals surface area contributed by atoms with Crippen molar-refractivity contribution in [2.45, 2.75) is 19.3 Å². The van der Waals surface area contributed by atoms with Crippen LogP contribution in [0.1, 0.15) is 19.3 Å². The number of nitriles is 1. The van der Waals surface area contributed by atoms with Crippen molar-refractivity contribution in [1.29, 1.82) is 5.26 Å². The van der Waals surface area contributed by atoms with Crippen molar-refractivity contribution in [3.05, 3.63) is 42.1 Å². The lowest BCUT2D eigenvalue weighted by Crippen LogP contribution is -2.22. The summed E-state index contributed by atoms with van der Waals surface area (Å²) in [5.41, 5.74) is 2.07. The molecule has 86 valence electrons. The van der Waals surface area contributed by atoms with Gasteiger partial charge in [0, 0.05) is 30.4 Å². The first kappa shape index (κ1) is 11.4. The van der Waals surface area contributed by atoms with Crippen LogP contribution in [-0.2, 0) is 4.79 Å². The van der Waals surface area contributed by atoms with Gasteiger partial charge in [-0.25, -0.2) is 0 Å². The molecule has 0 heterocycles. The average Bonchev–Trinajstić information content (AvgIpc) is 2.78. The summed E-state index contributed by atoms with van der Waals surface area (Å²) in [5, 5.41) is 8.69. The minimum atomic E-state index is 0.179. The molecule has 1 aromatic carbocycles. The molecule has 3 nitrogen and oxygen atoms in total. The number of benzene rings is 1. The van der Waals surface area contributed by atoms with Crippen molar-refractivity contribution in [3.63, 3.8) is 0 Å². The third-order valence-corrected chi connectivity index (χ3v) is 2.82. The Bertz CT molecular complexity index is 471. The van der Waals surface area contributed by atoms with Gasteiger partial charge in [-0.05, 0) is 18.6 Å². The number of anilines is 1. The average molecular weight is 226 g/mol. The second-order valence-electron chi connectivity index (χ2n) is 4.00. The van der Waals surface area contributed by atoms with E-state index < -0.39 is 0 Å². The summed E-state index contributed by atoms with van der Waals surface area (Å²) in [6.07, 6.45) is 3.52. The fourth-order valence-electron chi connectivity index (χ4n) is 2.00. The number of hydrogen-bond donors (Lipinski definition) is 0. The fraction of sp³-hybridized carbons (Fsp3) is 0.286. The van der Waals surface area contributed by atoms with Crippen molar-refractivity contribution >= 4 is 11.5 Å². The summed E-state index contributed by atoms with van der Waals surface area (Å²) in [6, 6.07) is 12.0. The predicted molar refractivity (Wildman–Crippen MR) is 66.3 cm³/mol. The zero-order valence-corrected chi connectivity index (χ0v) is 9.60. The lowest BCUT2D eigenvalue weighted by molar-refractivity contribution is -0.114. The van der Waals surface area contributed by atoms with E-state index in [1.54, 1.807) is 6.08 Å². The molecule has 0 unspecified atom stereocenters. The third-order valence-electron chi connectivity index (χ3n) is 2.82. The number of nitrogens with zero attached hydrogens (tertiary/aromatic N) is 2. The molecule has 0 N–H and O–H groups in total. The van der Waals surface area contributed by atoms with Crippen LogP contribution in [0.2, 0.25) is 0 Å². The Labute approximate surface area is 101 Å². The summed E-state index contributed by atoms with van der Waals surface area (Å²) in [5.74, 6) is 0.179. The summed E-state index contributed by atoms with van der Waals surface area (Å²) in [7, 11) is 0. The number of carbonyl (C=O) groups excluding carboxylic acids is 1. The Morgan fingerprint density at radius 3 is 2.59 bits per heavy atom. The molecular weight excluding hydrogens is 212 g/mol. The normalized spacial score (nSPS) is 14.3. The topological polar surface area (TPSA) is 44.1 Å². The molecule has 17 heavy (non-hydrogen) atoms. The number of allylic oxidation sites excluding steroid dienone is 2. The van der Waals surface area contributed by atoms with Gasteiger partial charge in [0.25, 0.3) is 0 Å². The first-order valence-corrected chi connectivity index (χ1v) is 5.74. The molecule has 0 saturated heterocycles. The van der Waals surface area contributed by atoms with E-state index >= 15 is 0 Å². The van der Waals surface area contributed by atoms with E-state index in [0.717, 1.165) is 17.8 Å². The summed E-state index contributed by atoms with van der Waals surface area (Å²) in [6.45, 7) is 0.639. The highest BCUT2D eigenvalue weighted by Gasteiger charge is 2.18. The van der Waals surface area contributed by atoms with Gasteiger partial charge in [0.2, 0.25) is 0 Å². The Hall–Kier alpha value is -2.08. The molecule has 3 heteroatoms. The Kier molecular flexibility index (Phi) is 3.56. The molecule has 0 radical (unpaired) electrons. The largest absolute Gasteiger partial charge is 0.344 e. The van der Waals surface area contributed by atoms with Gasteiger partial charge in [0.15, 0.2) is 5.78 Å². The lowest BCUT2D eigenvalue weighted by Gasteiger charge is -2.24. The van der Waals surface area contributed by atoms with Gasteiger partial charge in [-0.15, -0.1) is 0 Å². The molecule has 0 aliphatic heterocycles. The molecule has 0 spiro atoms. The van der Waals surface area contributed by atoms with Gasteiger partial charge in [-0.2, -0.15) is 5.26 Å². The predicted octanol–water partition coefficient (Wildman–Crippen LogP) is 2.65. The van der Waals surface area contributed by atoms with Crippen molar-refractivity contribution in [3.8, 4) is 6.07 Å². The minimum absolute atomic E-state index is 0.179. The van der Waals surface area contributed by atoms with E-state index in [2.05, 4.69) is 11.0 Å². The van der Waals surface area contributed by atoms with E-state index in [-0.39, 0.29) is 5.78 Å². The van der Waals surface area contributed by atoms with Gasteiger partial charge in [0.05, 0.1) is 12.5 Å². The summed E-state index contributed by atoms with van der Waals surface area (Å²) >= 11 is 0. The van der Waals surface area contributed by atoms with Crippen LogP contribution in [0.4, 0.5) is 5.69 Å². The van der Waals surface area contributed by atoms with Gasteiger partial charge >= 0.3 is 0 Å². The number of carbonyl (C=O) groups is 1. The van der Waals surface area contributed by atoms with Gasteiger partial charge in [-0.1, -0.05) is 18.2 Å². The number of ketones is 1. The van der Waals surface area contributed by atoms with Crippen molar-refractivity contribution in [1.82, 2.24) is 0 Å². The van der Waals surface area contributed by atoms with E-state index in [9.17, 15) is 4.79 Å². The molecule has 2 rings (SSSR count). The molecule has 1 aromatic rings. The minimum Gasteiger partial charge on any atom is -0.344 e. The highest BCUT2D eigenvalue weighted by atomic mass is 16.1. The SMILES string of the molecule is N#CCCN(C1=CC(=O)CC1)c1ccccc1. The van der Waals surface area contributed by atoms with E-state index in [1.165, 1.54) is 0 Å². The van der Waals surface area contributed by atoms with E-state index in [1.807, 2.05) is 30.3 Å². The van der Waals surface area contributed by atoms with Crippen LogP contribution in [0.15, 0.2) is 42.1 Å². The van der Waals surface area contributed by atoms with Crippen LogP contribution in [0.25, 0.3) is 0 Å². The molecular formula is C14H14N2O. The third kappa shape index (κ3) is 2.73. The first-order chi connectivity index (χ1) is 8.31. The molecule has 0 aromatic heterocycles. The lowest BCUT2D eigenvalue weighted by atomic mass is 10.2. The van der Waals surface area contributed by atoms with Gasteiger partial charge in [0.1, 0.15) is 0 Å². The smallest absolute Gasteiger partial charge is 0.157 e. The second kappa shape index (κ2) is 5.31. The zero-order valence-electron chi connectivity index (χ0n) is 9.60. The Morgan fingerprint density at radius 2 is 2.00 bits per heavy atom. The maximum Gasteiger partial charge on any atom is 0.157 e. The quantitative estimate of drug-likeness (QED) is 0.792. The molecule has 0 atom stereocenters. The van der Waals surface area contributed by atoms with Crippen molar-refractivity contribution < 1.29 is 4.79 Å². The van der Waals surface area contributed by atoms with Crippen LogP contribution in [-0.4, -0.2) is 12.3 Å². The highest BCUT2D eigenvalue weighted by molar-refractivity contribution is 5.93. The van der Waals surface area contributed by atoms with Crippen molar-refractivity contribution in [2.24, 2.45) is 0 Å². The Balaban J connectivity index is 2.23. The highest BCUT2D eigenvalue weighted by Crippen LogP contribution is 2.25. The second-order valence-corrected chi connectivity index (χ2v) is 4.00. The maximum atomic E-state index is 11.3. The van der Waals surface area contributed by atoms with Crippen LogP contribution in [0.5, 0.6) is 0 Å². The molecule has 1 aliphatic rings. The zero-order chi connectivity index (χ0) is 12.1. The van der Waals surface area contributed by atoms with Crippen molar-refractivity contribution in [2.75, 3.05) is 11.4 Å². The monoisotopic (exact) mass is 226 g/mol. The van der Waals surface area contributed by atoms with Crippen LogP contribution in [0, 0.1) is 11.3 Å².